The Kier molecular flexibility index (Phi) is 3.19. The molecule has 94 valence electrons. The summed E-state index contributed by atoms with van der Waals surface area (Å²) in [5, 5.41) is 13.1. The third-order valence-electron chi connectivity index (χ3n) is 3.01. The molecule has 1 aromatic heterocycles. The van der Waals surface area contributed by atoms with E-state index in [0.717, 1.165) is 11.3 Å². The molecule has 0 fully saturated rings. The van der Waals surface area contributed by atoms with Gasteiger partial charge in [0.2, 0.25) is 0 Å². The van der Waals surface area contributed by atoms with Gasteiger partial charge in [0.1, 0.15) is 0 Å². The van der Waals surface area contributed by atoms with Crippen LogP contribution in [0, 0.1) is 0 Å². The van der Waals surface area contributed by atoms with Crippen molar-refractivity contribution in [2.75, 3.05) is 0 Å². The standard InChI is InChI=1S/C14H16N2O2/c1-14(2,10-13(17)18)11-4-6-12(7-5-11)16-9-3-8-15-16/h3-9H,10H2,1-2H3,(H,17,18). The SMILES string of the molecule is CC(C)(CC(=O)O)c1ccc(-n2cccn2)cc1. The molecule has 0 atom stereocenters. The second kappa shape index (κ2) is 4.64. The lowest BCUT2D eigenvalue weighted by Gasteiger charge is -2.23. The minimum atomic E-state index is -0.781. The van der Waals surface area contributed by atoms with Crippen LogP contribution in [0.25, 0.3) is 5.69 Å². The molecule has 2 rings (SSSR count). The molecule has 0 saturated carbocycles. The Hall–Kier alpha value is -2.10. The van der Waals surface area contributed by atoms with Gasteiger partial charge in [-0.05, 0) is 23.8 Å². The second-order valence-corrected chi connectivity index (χ2v) is 4.95. The van der Waals surface area contributed by atoms with Gasteiger partial charge in [-0.3, -0.25) is 4.79 Å². The fourth-order valence-corrected chi connectivity index (χ4v) is 1.97. The first kappa shape index (κ1) is 12.4. The fourth-order valence-electron chi connectivity index (χ4n) is 1.97. The van der Waals surface area contributed by atoms with Crippen LogP contribution in [0.3, 0.4) is 0 Å². The molecule has 4 nitrogen and oxygen atoms in total. The van der Waals surface area contributed by atoms with Crippen molar-refractivity contribution in [2.45, 2.75) is 25.7 Å². The van der Waals surface area contributed by atoms with Gasteiger partial charge < -0.3 is 5.11 Å². The lowest BCUT2D eigenvalue weighted by molar-refractivity contribution is -0.138. The van der Waals surface area contributed by atoms with E-state index in [1.54, 1.807) is 10.9 Å². The van der Waals surface area contributed by atoms with E-state index < -0.39 is 5.97 Å². The molecule has 0 unspecified atom stereocenters. The molecule has 18 heavy (non-hydrogen) atoms. The molecule has 1 N–H and O–H groups in total. The number of hydrogen-bond donors (Lipinski definition) is 1. The van der Waals surface area contributed by atoms with Crippen LogP contribution in [0.1, 0.15) is 25.8 Å². The van der Waals surface area contributed by atoms with Crippen molar-refractivity contribution < 1.29 is 9.90 Å². The summed E-state index contributed by atoms with van der Waals surface area (Å²) in [6.07, 6.45) is 3.72. The van der Waals surface area contributed by atoms with E-state index in [9.17, 15) is 4.79 Å². The summed E-state index contributed by atoms with van der Waals surface area (Å²) in [7, 11) is 0. The summed E-state index contributed by atoms with van der Waals surface area (Å²) in [6, 6.07) is 9.68. The number of nitrogens with zero attached hydrogens (tertiary/aromatic N) is 2. The van der Waals surface area contributed by atoms with E-state index in [4.69, 9.17) is 5.11 Å². The summed E-state index contributed by atoms with van der Waals surface area (Å²) in [5.74, 6) is -0.781. The molecule has 0 aliphatic heterocycles. The molecule has 0 saturated heterocycles. The lowest BCUT2D eigenvalue weighted by Crippen LogP contribution is -2.21. The van der Waals surface area contributed by atoms with Gasteiger partial charge in [0.05, 0.1) is 12.1 Å². The topological polar surface area (TPSA) is 55.1 Å². The van der Waals surface area contributed by atoms with Crippen molar-refractivity contribution in [3.05, 3.63) is 48.3 Å². The summed E-state index contributed by atoms with van der Waals surface area (Å²) in [6.45, 7) is 3.87. The van der Waals surface area contributed by atoms with Crippen LogP contribution in [-0.4, -0.2) is 20.9 Å². The van der Waals surface area contributed by atoms with Crippen LogP contribution in [-0.2, 0) is 10.2 Å². The zero-order chi connectivity index (χ0) is 13.2. The van der Waals surface area contributed by atoms with Gasteiger partial charge in [-0.2, -0.15) is 5.10 Å². The molecule has 0 aliphatic carbocycles. The number of aliphatic carboxylic acids is 1. The minimum Gasteiger partial charge on any atom is -0.481 e. The minimum absolute atomic E-state index is 0.119. The zero-order valence-electron chi connectivity index (χ0n) is 10.5. The predicted octanol–water partition coefficient (Wildman–Crippen LogP) is 2.62. The van der Waals surface area contributed by atoms with Crippen LogP contribution in [0.4, 0.5) is 0 Å². The molecule has 0 amide bonds. The zero-order valence-corrected chi connectivity index (χ0v) is 10.5. The van der Waals surface area contributed by atoms with Gasteiger partial charge in [-0.25, -0.2) is 4.68 Å². The van der Waals surface area contributed by atoms with Crippen molar-refractivity contribution in [3.63, 3.8) is 0 Å². The van der Waals surface area contributed by atoms with Crippen LogP contribution in [0.15, 0.2) is 42.7 Å². The Morgan fingerprint density at radius 1 is 1.33 bits per heavy atom. The second-order valence-electron chi connectivity index (χ2n) is 4.95. The van der Waals surface area contributed by atoms with Gasteiger partial charge in [0, 0.05) is 17.8 Å². The molecule has 0 aliphatic rings. The van der Waals surface area contributed by atoms with Crippen molar-refractivity contribution >= 4 is 5.97 Å². The van der Waals surface area contributed by atoms with Crippen LogP contribution < -0.4 is 0 Å². The number of aromatic nitrogens is 2. The number of carboxylic acid groups (broad SMARTS) is 1. The fraction of sp³-hybridized carbons (Fsp3) is 0.286. The normalized spacial score (nSPS) is 11.4. The van der Waals surface area contributed by atoms with E-state index >= 15 is 0 Å². The maximum absolute atomic E-state index is 10.8. The smallest absolute Gasteiger partial charge is 0.304 e. The molecule has 2 aromatic rings. The van der Waals surface area contributed by atoms with Crippen molar-refractivity contribution in [1.82, 2.24) is 9.78 Å². The molecule has 4 heteroatoms. The van der Waals surface area contributed by atoms with Crippen molar-refractivity contribution in [3.8, 4) is 5.69 Å². The van der Waals surface area contributed by atoms with Crippen LogP contribution in [0.5, 0.6) is 0 Å². The number of benzene rings is 1. The van der Waals surface area contributed by atoms with E-state index in [1.807, 2.05) is 50.4 Å². The highest BCUT2D eigenvalue weighted by atomic mass is 16.4. The van der Waals surface area contributed by atoms with Gasteiger partial charge >= 0.3 is 5.97 Å². The molecule has 1 aromatic carbocycles. The molecule has 0 spiro atoms. The average Bonchev–Trinajstić information content (AvgIpc) is 2.81. The van der Waals surface area contributed by atoms with E-state index in [2.05, 4.69) is 5.10 Å². The number of rotatable bonds is 4. The Morgan fingerprint density at radius 2 is 2.00 bits per heavy atom. The van der Waals surface area contributed by atoms with Gasteiger partial charge in [0.15, 0.2) is 0 Å². The first-order chi connectivity index (χ1) is 8.49. The van der Waals surface area contributed by atoms with E-state index in [1.165, 1.54) is 0 Å². The first-order valence-electron chi connectivity index (χ1n) is 5.81. The Morgan fingerprint density at radius 3 is 2.50 bits per heavy atom. The highest BCUT2D eigenvalue weighted by Crippen LogP contribution is 2.27. The summed E-state index contributed by atoms with van der Waals surface area (Å²) in [4.78, 5) is 10.8. The van der Waals surface area contributed by atoms with Gasteiger partial charge in [0.25, 0.3) is 0 Å². The molecular formula is C14H16N2O2. The summed E-state index contributed by atoms with van der Waals surface area (Å²) >= 11 is 0. The highest BCUT2D eigenvalue weighted by molar-refractivity contribution is 5.68. The first-order valence-corrected chi connectivity index (χ1v) is 5.81. The number of carboxylic acids is 1. The quantitative estimate of drug-likeness (QED) is 0.899. The summed E-state index contributed by atoms with van der Waals surface area (Å²) < 4.78 is 1.77. The molecular weight excluding hydrogens is 228 g/mol. The third-order valence-corrected chi connectivity index (χ3v) is 3.01. The monoisotopic (exact) mass is 244 g/mol. The Bertz CT molecular complexity index is 527. The lowest BCUT2D eigenvalue weighted by atomic mass is 9.81. The average molecular weight is 244 g/mol. The maximum Gasteiger partial charge on any atom is 0.304 e. The maximum atomic E-state index is 10.8. The van der Waals surface area contributed by atoms with Crippen molar-refractivity contribution in [1.29, 1.82) is 0 Å². The molecule has 0 radical (unpaired) electrons. The number of carbonyl (C=O) groups is 1. The highest BCUT2D eigenvalue weighted by Gasteiger charge is 2.23. The van der Waals surface area contributed by atoms with E-state index in [0.29, 0.717) is 0 Å². The summed E-state index contributed by atoms with van der Waals surface area (Å²) in [5.41, 5.74) is 1.62. The van der Waals surface area contributed by atoms with Crippen molar-refractivity contribution in [2.24, 2.45) is 0 Å². The Balaban J connectivity index is 2.25. The molecule has 1 heterocycles. The van der Waals surface area contributed by atoms with Gasteiger partial charge in [-0.15, -0.1) is 0 Å². The van der Waals surface area contributed by atoms with E-state index in [-0.39, 0.29) is 11.8 Å². The Labute approximate surface area is 106 Å². The third kappa shape index (κ3) is 2.59. The molecule has 0 bridgehead atoms. The number of hydrogen-bond acceptors (Lipinski definition) is 2. The predicted molar refractivity (Wildman–Crippen MR) is 68.8 cm³/mol. The van der Waals surface area contributed by atoms with Crippen LogP contribution in [0.2, 0.25) is 0 Å². The van der Waals surface area contributed by atoms with Crippen LogP contribution >= 0.6 is 0 Å². The van der Waals surface area contributed by atoms with Gasteiger partial charge in [-0.1, -0.05) is 26.0 Å². The largest absolute Gasteiger partial charge is 0.481 e.